The van der Waals surface area contributed by atoms with Crippen LogP contribution in [0.4, 0.5) is 5.69 Å². The number of nitrogens with one attached hydrogen (secondary N) is 2. The highest BCUT2D eigenvalue weighted by molar-refractivity contribution is 5.99. The van der Waals surface area contributed by atoms with E-state index in [1.54, 1.807) is 18.2 Å². The molecule has 0 fully saturated rings. The van der Waals surface area contributed by atoms with Crippen molar-refractivity contribution in [2.75, 3.05) is 0 Å². The van der Waals surface area contributed by atoms with Gasteiger partial charge in [-0.25, -0.2) is 5.43 Å². The molecule has 1 aliphatic rings. The molecule has 0 radical (unpaired) electrons. The normalized spacial score (nSPS) is 13.6. The Morgan fingerprint density at radius 2 is 2.04 bits per heavy atom. The predicted octanol–water partition coefficient (Wildman–Crippen LogP) is 3.72. The zero-order valence-corrected chi connectivity index (χ0v) is 14.6. The first-order valence-electron chi connectivity index (χ1n) is 8.83. The smallest absolute Gasteiger partial charge is 0.271 e. The van der Waals surface area contributed by atoms with Gasteiger partial charge in [-0.2, -0.15) is 5.10 Å². The number of carbonyl (C=O) groups is 1. The number of hydrogen-bond acceptors (Lipinski definition) is 4. The molecule has 27 heavy (non-hydrogen) atoms. The van der Waals surface area contributed by atoms with Crippen molar-refractivity contribution in [3.8, 4) is 0 Å². The van der Waals surface area contributed by atoms with Gasteiger partial charge in [0.2, 0.25) is 0 Å². The summed E-state index contributed by atoms with van der Waals surface area (Å²) in [5, 5.41) is 15.8. The Kier molecular flexibility index (Phi) is 4.42. The number of rotatable bonds is 4. The van der Waals surface area contributed by atoms with Gasteiger partial charge in [-0.15, -0.1) is 0 Å². The molecule has 3 aromatic rings. The second-order valence-corrected chi connectivity index (χ2v) is 6.60. The minimum Gasteiger partial charge on any atom is -0.358 e. The Labute approximate surface area is 155 Å². The number of hydrogen-bond donors (Lipinski definition) is 2. The van der Waals surface area contributed by atoms with Gasteiger partial charge in [-0.3, -0.25) is 14.9 Å². The summed E-state index contributed by atoms with van der Waals surface area (Å²) in [6, 6.07) is 11.6. The Hall–Kier alpha value is -3.48. The molecule has 1 amide bonds. The number of nitrogens with zero attached hydrogens (tertiary/aromatic N) is 2. The molecule has 1 aliphatic carbocycles. The van der Waals surface area contributed by atoms with Crippen LogP contribution < -0.4 is 5.43 Å². The van der Waals surface area contributed by atoms with Gasteiger partial charge in [0, 0.05) is 39.9 Å². The van der Waals surface area contributed by atoms with Crippen molar-refractivity contribution < 1.29 is 9.72 Å². The molecule has 0 bridgehead atoms. The summed E-state index contributed by atoms with van der Waals surface area (Å²) >= 11 is 0. The Balaban J connectivity index is 1.51. The Morgan fingerprint density at radius 3 is 2.89 bits per heavy atom. The second kappa shape index (κ2) is 7.03. The van der Waals surface area contributed by atoms with Gasteiger partial charge in [0.05, 0.1) is 11.1 Å². The van der Waals surface area contributed by atoms with Crippen LogP contribution in [0.15, 0.2) is 47.6 Å². The highest BCUT2D eigenvalue weighted by atomic mass is 16.6. The van der Waals surface area contributed by atoms with Crippen LogP contribution in [0.3, 0.4) is 0 Å². The number of benzene rings is 2. The van der Waals surface area contributed by atoms with Gasteiger partial charge >= 0.3 is 0 Å². The molecule has 0 atom stereocenters. The third kappa shape index (κ3) is 3.44. The summed E-state index contributed by atoms with van der Waals surface area (Å²) in [4.78, 5) is 26.2. The number of carbonyl (C=O) groups excluding carboxylic acids is 1. The highest BCUT2D eigenvalue weighted by Crippen LogP contribution is 2.29. The van der Waals surface area contributed by atoms with E-state index in [9.17, 15) is 14.9 Å². The first-order chi connectivity index (χ1) is 13.1. The first kappa shape index (κ1) is 17.0. The quantitative estimate of drug-likeness (QED) is 0.420. The fraction of sp³-hybridized carbons (Fsp3) is 0.200. The number of nitro benzene ring substituents is 1. The monoisotopic (exact) mass is 362 g/mol. The van der Waals surface area contributed by atoms with Crippen LogP contribution in [-0.2, 0) is 12.8 Å². The number of hydrazone groups is 1. The molecule has 2 aromatic carbocycles. The molecule has 1 heterocycles. The minimum absolute atomic E-state index is 0.0204. The average molecular weight is 362 g/mol. The van der Waals surface area contributed by atoms with Gasteiger partial charge in [-0.1, -0.05) is 12.1 Å². The van der Waals surface area contributed by atoms with Gasteiger partial charge in [0.25, 0.3) is 11.6 Å². The standard InChI is InChI=1S/C20H18N4O3/c25-20(23-21-12-13-4-3-5-15(10-13)24(26)27)14-8-9-19-17(11-14)16-6-1-2-7-18(16)22-19/h3-5,8-12,22H,1-2,6-7H2,(H,23,25)/b21-12-. The number of nitro groups is 1. The zero-order chi connectivity index (χ0) is 18.8. The average Bonchev–Trinajstić information content (AvgIpc) is 3.06. The minimum atomic E-state index is -0.470. The number of non-ortho nitro benzene ring substituents is 1. The largest absolute Gasteiger partial charge is 0.358 e. The van der Waals surface area contributed by atoms with E-state index >= 15 is 0 Å². The van der Waals surface area contributed by atoms with Crippen LogP contribution in [0.2, 0.25) is 0 Å². The molecule has 136 valence electrons. The van der Waals surface area contributed by atoms with Crippen molar-refractivity contribution >= 4 is 28.7 Å². The van der Waals surface area contributed by atoms with Gasteiger partial charge in [0.1, 0.15) is 0 Å². The summed E-state index contributed by atoms with van der Waals surface area (Å²) in [6.07, 6.45) is 5.84. The van der Waals surface area contributed by atoms with E-state index in [2.05, 4.69) is 15.5 Å². The molecular weight excluding hydrogens is 344 g/mol. The number of amides is 1. The molecule has 7 nitrogen and oxygen atoms in total. The van der Waals surface area contributed by atoms with E-state index < -0.39 is 4.92 Å². The summed E-state index contributed by atoms with van der Waals surface area (Å²) in [5.41, 5.74) is 7.18. The Morgan fingerprint density at radius 1 is 1.19 bits per heavy atom. The topological polar surface area (TPSA) is 100 Å². The van der Waals surface area contributed by atoms with Crippen molar-refractivity contribution in [3.05, 3.63) is 75.0 Å². The maximum absolute atomic E-state index is 12.4. The van der Waals surface area contributed by atoms with Crippen molar-refractivity contribution in [2.45, 2.75) is 25.7 Å². The van der Waals surface area contributed by atoms with Crippen molar-refractivity contribution in [2.24, 2.45) is 5.10 Å². The lowest BCUT2D eigenvalue weighted by atomic mass is 9.95. The van der Waals surface area contributed by atoms with Crippen LogP contribution in [0.1, 0.15) is 40.0 Å². The fourth-order valence-corrected chi connectivity index (χ4v) is 3.50. The lowest BCUT2D eigenvalue weighted by molar-refractivity contribution is -0.384. The van der Waals surface area contributed by atoms with E-state index in [-0.39, 0.29) is 11.6 Å². The van der Waals surface area contributed by atoms with Gasteiger partial charge < -0.3 is 4.98 Å². The molecule has 2 N–H and O–H groups in total. The molecule has 4 rings (SSSR count). The van der Waals surface area contributed by atoms with Crippen LogP contribution in [-0.4, -0.2) is 22.0 Å². The molecule has 0 aliphatic heterocycles. The van der Waals surface area contributed by atoms with Crippen molar-refractivity contribution in [1.29, 1.82) is 0 Å². The molecule has 0 spiro atoms. The van der Waals surface area contributed by atoms with E-state index in [1.807, 2.05) is 12.1 Å². The first-order valence-corrected chi connectivity index (χ1v) is 8.83. The van der Waals surface area contributed by atoms with Crippen LogP contribution in [0.5, 0.6) is 0 Å². The van der Waals surface area contributed by atoms with Crippen LogP contribution in [0, 0.1) is 10.1 Å². The van der Waals surface area contributed by atoms with Crippen LogP contribution in [0.25, 0.3) is 10.9 Å². The number of aromatic nitrogens is 1. The lowest BCUT2D eigenvalue weighted by Gasteiger charge is -2.10. The molecule has 0 saturated carbocycles. The number of H-pyrrole nitrogens is 1. The third-order valence-corrected chi connectivity index (χ3v) is 4.82. The highest BCUT2D eigenvalue weighted by Gasteiger charge is 2.16. The zero-order valence-electron chi connectivity index (χ0n) is 14.6. The maximum Gasteiger partial charge on any atom is 0.271 e. The predicted molar refractivity (Wildman–Crippen MR) is 103 cm³/mol. The van der Waals surface area contributed by atoms with Gasteiger partial charge in [0.15, 0.2) is 0 Å². The van der Waals surface area contributed by atoms with Crippen molar-refractivity contribution in [3.63, 3.8) is 0 Å². The molecular formula is C20H18N4O3. The molecule has 7 heteroatoms. The van der Waals surface area contributed by atoms with E-state index in [4.69, 9.17) is 0 Å². The Bertz CT molecular complexity index is 1070. The summed E-state index contributed by atoms with van der Waals surface area (Å²) in [7, 11) is 0. The molecule has 1 aromatic heterocycles. The molecule has 0 saturated heterocycles. The van der Waals surface area contributed by atoms with E-state index in [0.29, 0.717) is 11.1 Å². The van der Waals surface area contributed by atoms with Crippen molar-refractivity contribution in [1.82, 2.24) is 10.4 Å². The third-order valence-electron chi connectivity index (χ3n) is 4.82. The SMILES string of the molecule is O=C(N/N=C\c1cccc([N+](=O)[O-])c1)c1ccc2[nH]c3c(c2c1)CCCC3. The summed E-state index contributed by atoms with van der Waals surface area (Å²) < 4.78 is 0. The molecule has 0 unspecified atom stereocenters. The van der Waals surface area contributed by atoms with E-state index in [0.717, 1.165) is 23.7 Å². The number of fused-ring (bicyclic) bond motifs is 3. The summed E-state index contributed by atoms with van der Waals surface area (Å²) in [5.74, 6) is -0.315. The van der Waals surface area contributed by atoms with Gasteiger partial charge in [-0.05, 0) is 49.4 Å². The van der Waals surface area contributed by atoms with Crippen LogP contribution >= 0.6 is 0 Å². The van der Waals surface area contributed by atoms with E-state index in [1.165, 1.54) is 42.4 Å². The number of aryl methyl sites for hydroxylation is 2. The summed E-state index contributed by atoms with van der Waals surface area (Å²) in [6.45, 7) is 0. The number of aromatic amines is 1. The second-order valence-electron chi connectivity index (χ2n) is 6.60. The maximum atomic E-state index is 12.4. The lowest BCUT2D eigenvalue weighted by Crippen LogP contribution is -2.17. The fourth-order valence-electron chi connectivity index (χ4n) is 3.50.